The molecule has 0 saturated carbocycles. The lowest BCUT2D eigenvalue weighted by atomic mass is 10.1. The summed E-state index contributed by atoms with van der Waals surface area (Å²) in [7, 11) is 2.15. The number of nitrogens with one attached hydrogen (secondary N) is 1. The molecule has 0 aliphatic carbocycles. The van der Waals surface area contributed by atoms with Gasteiger partial charge in [0.2, 0.25) is 0 Å². The van der Waals surface area contributed by atoms with Gasteiger partial charge in [-0.1, -0.05) is 31.5 Å². The predicted octanol–water partition coefficient (Wildman–Crippen LogP) is 3.70. The molecule has 4 heteroatoms. The molecule has 0 atom stereocenters. The minimum atomic E-state index is 0.555. The molecule has 0 amide bonds. The molecule has 0 bridgehead atoms. The highest BCUT2D eigenvalue weighted by Gasteiger charge is 2.19. The zero-order chi connectivity index (χ0) is 15.2. The van der Waals surface area contributed by atoms with Crippen LogP contribution in [0.1, 0.15) is 32.3 Å². The van der Waals surface area contributed by atoms with Crippen LogP contribution in [0.2, 0.25) is 5.02 Å². The van der Waals surface area contributed by atoms with E-state index in [9.17, 15) is 0 Å². The van der Waals surface area contributed by atoms with Gasteiger partial charge in [-0.15, -0.1) is 0 Å². The van der Waals surface area contributed by atoms with Crippen LogP contribution < -0.4 is 10.2 Å². The summed E-state index contributed by atoms with van der Waals surface area (Å²) in [6.45, 7) is 7.99. The molecule has 1 aliphatic heterocycles. The lowest BCUT2D eigenvalue weighted by Gasteiger charge is -2.33. The molecule has 1 aromatic rings. The summed E-state index contributed by atoms with van der Waals surface area (Å²) < 4.78 is 5.43. The van der Waals surface area contributed by atoms with Crippen LogP contribution in [0.5, 0.6) is 0 Å². The summed E-state index contributed by atoms with van der Waals surface area (Å²) in [5.74, 6) is 0.655. The van der Waals surface area contributed by atoms with E-state index in [1.807, 2.05) is 0 Å². The third-order valence-electron chi connectivity index (χ3n) is 4.05. The fourth-order valence-electron chi connectivity index (χ4n) is 2.68. The molecule has 2 rings (SSSR count). The van der Waals surface area contributed by atoms with E-state index in [4.69, 9.17) is 16.3 Å². The molecule has 0 unspecified atom stereocenters. The van der Waals surface area contributed by atoms with Crippen LogP contribution in [0.25, 0.3) is 0 Å². The fraction of sp³-hybridized carbons (Fsp3) is 0.647. The van der Waals surface area contributed by atoms with Gasteiger partial charge in [-0.3, -0.25) is 0 Å². The summed E-state index contributed by atoms with van der Waals surface area (Å²) in [6.07, 6.45) is 2.18. The first-order valence-electron chi connectivity index (χ1n) is 7.87. The maximum absolute atomic E-state index is 6.44. The highest BCUT2D eigenvalue weighted by molar-refractivity contribution is 6.31. The lowest BCUT2D eigenvalue weighted by Crippen LogP contribution is -2.36. The van der Waals surface area contributed by atoms with E-state index in [-0.39, 0.29) is 0 Å². The van der Waals surface area contributed by atoms with Crippen LogP contribution in [-0.4, -0.2) is 32.8 Å². The zero-order valence-corrected chi connectivity index (χ0v) is 14.1. The van der Waals surface area contributed by atoms with Crippen LogP contribution in [0, 0.1) is 5.92 Å². The molecular formula is C17H27ClN2O. The van der Waals surface area contributed by atoms with Gasteiger partial charge in [0.05, 0.1) is 0 Å². The van der Waals surface area contributed by atoms with Gasteiger partial charge in [-0.05, 0) is 43.0 Å². The topological polar surface area (TPSA) is 24.5 Å². The average molecular weight is 311 g/mol. The lowest BCUT2D eigenvalue weighted by molar-refractivity contribution is 0.0855. The summed E-state index contributed by atoms with van der Waals surface area (Å²) in [6, 6.07) is 6.96. The van der Waals surface area contributed by atoms with Gasteiger partial charge >= 0.3 is 0 Å². The van der Waals surface area contributed by atoms with Crippen molar-refractivity contribution in [3.8, 4) is 0 Å². The Hall–Kier alpha value is -0.770. The Bertz CT molecular complexity index is 444. The van der Waals surface area contributed by atoms with Crippen molar-refractivity contribution in [2.24, 2.45) is 5.92 Å². The van der Waals surface area contributed by atoms with Gasteiger partial charge in [0.15, 0.2) is 0 Å². The van der Waals surface area contributed by atoms with Crippen molar-refractivity contribution < 1.29 is 4.74 Å². The Morgan fingerprint density at radius 1 is 1.33 bits per heavy atom. The normalized spacial score (nSPS) is 16.4. The predicted molar refractivity (Wildman–Crippen MR) is 90.2 cm³/mol. The molecule has 1 N–H and O–H groups in total. The molecule has 1 aromatic carbocycles. The Balaban J connectivity index is 1.97. The Morgan fingerprint density at radius 2 is 2.05 bits per heavy atom. The summed E-state index contributed by atoms with van der Waals surface area (Å²) in [5, 5.41) is 4.29. The van der Waals surface area contributed by atoms with Crippen LogP contribution in [0.4, 0.5) is 5.69 Å². The minimum absolute atomic E-state index is 0.555. The Morgan fingerprint density at radius 3 is 2.67 bits per heavy atom. The number of nitrogens with zero attached hydrogens (tertiary/aromatic N) is 1. The maximum Gasteiger partial charge on any atom is 0.0485 e. The molecule has 1 saturated heterocycles. The number of rotatable bonds is 6. The average Bonchev–Trinajstić information content (AvgIpc) is 2.48. The second-order valence-corrected chi connectivity index (χ2v) is 6.66. The molecule has 1 heterocycles. The summed E-state index contributed by atoms with van der Waals surface area (Å²) in [4.78, 5) is 2.33. The molecular weight excluding hydrogens is 284 g/mol. The van der Waals surface area contributed by atoms with E-state index in [0.717, 1.165) is 44.2 Å². The van der Waals surface area contributed by atoms with Crippen molar-refractivity contribution in [1.82, 2.24) is 5.32 Å². The summed E-state index contributed by atoms with van der Waals surface area (Å²) >= 11 is 6.44. The Kier molecular flexibility index (Phi) is 6.34. The van der Waals surface area contributed by atoms with Gasteiger partial charge < -0.3 is 15.0 Å². The van der Waals surface area contributed by atoms with E-state index in [1.165, 1.54) is 11.3 Å². The van der Waals surface area contributed by atoms with Gasteiger partial charge in [0.1, 0.15) is 0 Å². The van der Waals surface area contributed by atoms with Crippen molar-refractivity contribution in [2.75, 3.05) is 31.7 Å². The van der Waals surface area contributed by atoms with Crippen molar-refractivity contribution in [3.05, 3.63) is 28.8 Å². The Labute approximate surface area is 133 Å². The molecule has 1 fully saturated rings. The summed E-state index contributed by atoms with van der Waals surface area (Å²) in [5.41, 5.74) is 2.36. The second kappa shape index (κ2) is 8.02. The second-order valence-electron chi connectivity index (χ2n) is 6.25. The van der Waals surface area contributed by atoms with Crippen molar-refractivity contribution >= 4 is 17.3 Å². The SMILES string of the molecule is CC(C)CNCc1ccc(N(C)C2CCOCC2)cc1Cl. The number of halogens is 1. The zero-order valence-electron chi connectivity index (χ0n) is 13.4. The number of benzene rings is 1. The van der Waals surface area contributed by atoms with Crippen LogP contribution in [0.3, 0.4) is 0 Å². The molecule has 118 valence electrons. The van der Waals surface area contributed by atoms with Gasteiger partial charge in [0, 0.05) is 43.6 Å². The molecule has 0 radical (unpaired) electrons. The molecule has 0 spiro atoms. The number of hydrogen-bond acceptors (Lipinski definition) is 3. The van der Waals surface area contributed by atoms with E-state index in [1.54, 1.807) is 0 Å². The van der Waals surface area contributed by atoms with Crippen molar-refractivity contribution in [1.29, 1.82) is 0 Å². The first kappa shape index (κ1) is 16.6. The number of anilines is 1. The van der Waals surface area contributed by atoms with Crippen LogP contribution in [0.15, 0.2) is 18.2 Å². The van der Waals surface area contributed by atoms with Crippen LogP contribution >= 0.6 is 11.6 Å². The number of hydrogen-bond donors (Lipinski definition) is 1. The minimum Gasteiger partial charge on any atom is -0.381 e. The highest BCUT2D eigenvalue weighted by atomic mass is 35.5. The standard InChI is InChI=1S/C17H27ClN2O/c1-13(2)11-19-12-14-4-5-16(10-17(14)18)20(3)15-6-8-21-9-7-15/h4-5,10,13,15,19H,6-9,11-12H2,1-3H3. The number of ether oxygens (including phenoxy) is 1. The van der Waals surface area contributed by atoms with Gasteiger partial charge in [-0.25, -0.2) is 0 Å². The van der Waals surface area contributed by atoms with E-state index in [2.05, 4.69) is 49.3 Å². The molecule has 0 aromatic heterocycles. The fourth-order valence-corrected chi connectivity index (χ4v) is 2.92. The third kappa shape index (κ3) is 4.87. The van der Waals surface area contributed by atoms with Gasteiger partial charge in [-0.2, -0.15) is 0 Å². The van der Waals surface area contributed by atoms with Crippen molar-refractivity contribution in [2.45, 2.75) is 39.3 Å². The van der Waals surface area contributed by atoms with E-state index < -0.39 is 0 Å². The van der Waals surface area contributed by atoms with Crippen LogP contribution in [-0.2, 0) is 11.3 Å². The monoisotopic (exact) mass is 310 g/mol. The van der Waals surface area contributed by atoms with Gasteiger partial charge in [0.25, 0.3) is 0 Å². The maximum atomic E-state index is 6.44. The third-order valence-corrected chi connectivity index (χ3v) is 4.40. The van der Waals surface area contributed by atoms with E-state index in [0.29, 0.717) is 12.0 Å². The molecule has 1 aliphatic rings. The quantitative estimate of drug-likeness (QED) is 0.867. The smallest absolute Gasteiger partial charge is 0.0485 e. The first-order chi connectivity index (χ1) is 10.1. The first-order valence-corrected chi connectivity index (χ1v) is 8.25. The van der Waals surface area contributed by atoms with E-state index >= 15 is 0 Å². The molecule has 3 nitrogen and oxygen atoms in total. The van der Waals surface area contributed by atoms with Crippen molar-refractivity contribution in [3.63, 3.8) is 0 Å². The molecule has 21 heavy (non-hydrogen) atoms. The highest BCUT2D eigenvalue weighted by Crippen LogP contribution is 2.26. The largest absolute Gasteiger partial charge is 0.381 e.